The predicted molar refractivity (Wildman–Crippen MR) is 69.1 cm³/mol. The quantitative estimate of drug-likeness (QED) is 0.764. The lowest BCUT2D eigenvalue weighted by Crippen LogP contribution is -2.15. The van der Waals surface area contributed by atoms with Crippen molar-refractivity contribution in [2.75, 3.05) is 11.9 Å². The van der Waals surface area contributed by atoms with Crippen molar-refractivity contribution in [1.82, 2.24) is 25.2 Å². The Labute approximate surface area is 118 Å². The van der Waals surface area contributed by atoms with Gasteiger partial charge < -0.3 is 10.1 Å². The number of rotatable bonds is 6. The van der Waals surface area contributed by atoms with E-state index in [4.69, 9.17) is 4.74 Å². The molecule has 0 atom stereocenters. The molecule has 2 heterocycles. The first-order valence-corrected chi connectivity index (χ1v) is 6.70. The topological polar surface area (TPSA) is 112 Å². The maximum Gasteiger partial charge on any atom is 0.357 e. The number of aryl methyl sites for hydroxylation is 1. The molecule has 2 aromatic rings. The van der Waals surface area contributed by atoms with E-state index in [0.29, 0.717) is 11.7 Å². The Morgan fingerprint density at radius 2 is 2.35 bits per heavy atom. The number of amides is 1. The van der Waals surface area contributed by atoms with Crippen LogP contribution in [0.2, 0.25) is 0 Å². The molecular formula is C10H12N6O3S. The van der Waals surface area contributed by atoms with Crippen molar-refractivity contribution in [1.29, 1.82) is 0 Å². The van der Waals surface area contributed by atoms with Crippen LogP contribution in [0.4, 0.5) is 5.13 Å². The van der Waals surface area contributed by atoms with Gasteiger partial charge >= 0.3 is 5.97 Å². The van der Waals surface area contributed by atoms with E-state index >= 15 is 0 Å². The van der Waals surface area contributed by atoms with Gasteiger partial charge in [0.15, 0.2) is 10.8 Å². The summed E-state index contributed by atoms with van der Waals surface area (Å²) in [5, 5.41) is 15.1. The van der Waals surface area contributed by atoms with Crippen molar-refractivity contribution in [3.63, 3.8) is 0 Å². The molecular weight excluding hydrogens is 284 g/mol. The third-order valence-corrected chi connectivity index (χ3v) is 2.95. The Morgan fingerprint density at radius 3 is 3.05 bits per heavy atom. The van der Waals surface area contributed by atoms with Crippen LogP contribution in [0.1, 0.15) is 23.8 Å². The summed E-state index contributed by atoms with van der Waals surface area (Å²) >= 11 is 1.16. The molecule has 0 aliphatic heterocycles. The minimum Gasteiger partial charge on any atom is -0.461 e. The molecule has 0 aliphatic rings. The highest BCUT2D eigenvalue weighted by Crippen LogP contribution is 2.16. The van der Waals surface area contributed by atoms with Gasteiger partial charge in [-0.15, -0.1) is 16.4 Å². The lowest BCUT2D eigenvalue weighted by atomic mass is 10.4. The van der Waals surface area contributed by atoms with Crippen LogP contribution in [0, 0.1) is 0 Å². The van der Waals surface area contributed by atoms with Crippen LogP contribution in [0.5, 0.6) is 0 Å². The summed E-state index contributed by atoms with van der Waals surface area (Å²) in [7, 11) is 0. The fraction of sp³-hybridized carbons (Fsp3) is 0.400. The van der Waals surface area contributed by atoms with Crippen molar-refractivity contribution in [2.24, 2.45) is 0 Å². The van der Waals surface area contributed by atoms with Crippen LogP contribution in [0.15, 0.2) is 11.7 Å². The molecule has 0 unspecified atom stereocenters. The second-order valence-electron chi connectivity index (χ2n) is 3.63. The van der Waals surface area contributed by atoms with E-state index in [1.807, 2.05) is 0 Å². The van der Waals surface area contributed by atoms with Gasteiger partial charge in [0.25, 0.3) is 0 Å². The van der Waals surface area contributed by atoms with Crippen LogP contribution < -0.4 is 5.32 Å². The number of tetrazole rings is 1. The molecule has 9 nitrogen and oxygen atoms in total. The maximum atomic E-state index is 11.7. The van der Waals surface area contributed by atoms with Gasteiger partial charge in [-0.1, -0.05) is 0 Å². The van der Waals surface area contributed by atoms with Gasteiger partial charge in [0.05, 0.1) is 13.2 Å². The number of nitrogens with one attached hydrogen (secondary N) is 1. The minimum absolute atomic E-state index is 0.188. The molecule has 0 saturated heterocycles. The van der Waals surface area contributed by atoms with Crippen molar-refractivity contribution in [3.8, 4) is 0 Å². The molecule has 1 amide bonds. The Morgan fingerprint density at radius 1 is 1.50 bits per heavy atom. The average Bonchev–Trinajstić information content (AvgIpc) is 3.07. The smallest absolute Gasteiger partial charge is 0.357 e. The molecule has 0 radical (unpaired) electrons. The molecule has 0 fully saturated rings. The van der Waals surface area contributed by atoms with Crippen LogP contribution in [0.3, 0.4) is 0 Å². The van der Waals surface area contributed by atoms with Gasteiger partial charge in [-0.3, -0.25) is 4.79 Å². The first-order chi connectivity index (χ1) is 9.69. The summed E-state index contributed by atoms with van der Waals surface area (Å²) in [5.74, 6) is -0.733. The largest absolute Gasteiger partial charge is 0.461 e. The van der Waals surface area contributed by atoms with Crippen molar-refractivity contribution >= 4 is 28.3 Å². The molecule has 10 heteroatoms. The van der Waals surface area contributed by atoms with Gasteiger partial charge in [0.2, 0.25) is 5.91 Å². The zero-order chi connectivity index (χ0) is 14.4. The zero-order valence-corrected chi connectivity index (χ0v) is 11.5. The van der Waals surface area contributed by atoms with Gasteiger partial charge in [0.1, 0.15) is 6.33 Å². The lowest BCUT2D eigenvalue weighted by molar-refractivity contribution is -0.116. The standard InChI is InChI=1S/C10H12N6O3S/c1-2-19-9(18)7-5-20-10(12-7)13-8(17)3-4-16-6-11-14-15-16/h5-6H,2-4H2,1H3,(H,12,13,17). The van der Waals surface area contributed by atoms with Gasteiger partial charge in [-0.05, 0) is 17.4 Å². The van der Waals surface area contributed by atoms with E-state index < -0.39 is 5.97 Å². The molecule has 1 N–H and O–H groups in total. The molecule has 0 saturated carbocycles. The van der Waals surface area contributed by atoms with E-state index in [-0.39, 0.29) is 24.6 Å². The summed E-state index contributed by atoms with van der Waals surface area (Å²) in [5.41, 5.74) is 0.188. The van der Waals surface area contributed by atoms with Gasteiger partial charge in [0, 0.05) is 11.8 Å². The molecule has 0 spiro atoms. The Hall–Kier alpha value is -2.36. The number of anilines is 1. The number of esters is 1. The zero-order valence-electron chi connectivity index (χ0n) is 10.6. The third kappa shape index (κ3) is 3.82. The van der Waals surface area contributed by atoms with E-state index in [9.17, 15) is 9.59 Å². The third-order valence-electron chi connectivity index (χ3n) is 2.19. The second-order valence-corrected chi connectivity index (χ2v) is 4.49. The number of nitrogens with zero attached hydrogens (tertiary/aromatic N) is 5. The van der Waals surface area contributed by atoms with Crippen LogP contribution in [-0.4, -0.2) is 43.7 Å². The number of hydrogen-bond acceptors (Lipinski definition) is 8. The van der Waals surface area contributed by atoms with E-state index in [2.05, 4.69) is 25.8 Å². The minimum atomic E-state index is -0.502. The van der Waals surface area contributed by atoms with Crippen LogP contribution in [-0.2, 0) is 16.1 Å². The SMILES string of the molecule is CCOC(=O)c1csc(NC(=O)CCn2cnnn2)n1. The molecule has 2 rings (SSSR count). The Kier molecular flexibility index (Phi) is 4.71. The molecule has 0 aromatic carbocycles. The number of carbonyl (C=O) groups is 2. The monoisotopic (exact) mass is 296 g/mol. The summed E-state index contributed by atoms with van der Waals surface area (Å²) in [6.07, 6.45) is 1.63. The lowest BCUT2D eigenvalue weighted by Gasteiger charge is -2.01. The average molecular weight is 296 g/mol. The molecule has 20 heavy (non-hydrogen) atoms. The van der Waals surface area contributed by atoms with Crippen molar-refractivity contribution < 1.29 is 14.3 Å². The van der Waals surface area contributed by atoms with Gasteiger partial charge in [-0.2, -0.15) is 0 Å². The van der Waals surface area contributed by atoms with Crippen molar-refractivity contribution in [3.05, 3.63) is 17.4 Å². The summed E-state index contributed by atoms with van der Waals surface area (Å²) < 4.78 is 6.26. The Balaban J connectivity index is 1.83. The number of ether oxygens (including phenoxy) is 1. The van der Waals surface area contributed by atoms with E-state index in [0.717, 1.165) is 11.3 Å². The Bertz CT molecular complexity index is 582. The number of aromatic nitrogens is 5. The second kappa shape index (κ2) is 6.70. The normalized spacial score (nSPS) is 10.2. The summed E-state index contributed by atoms with van der Waals surface area (Å²) in [4.78, 5) is 27.1. The highest BCUT2D eigenvalue weighted by molar-refractivity contribution is 7.14. The van der Waals surface area contributed by atoms with Crippen LogP contribution in [0.25, 0.3) is 0 Å². The predicted octanol–water partition coefficient (Wildman–Crippen LogP) is 0.335. The molecule has 0 aliphatic carbocycles. The van der Waals surface area contributed by atoms with E-state index in [1.165, 1.54) is 16.4 Å². The summed E-state index contributed by atoms with van der Waals surface area (Å²) in [6, 6.07) is 0. The maximum absolute atomic E-state index is 11.7. The molecule has 106 valence electrons. The molecule has 0 bridgehead atoms. The fourth-order valence-electron chi connectivity index (χ4n) is 1.31. The van der Waals surface area contributed by atoms with Crippen LogP contribution >= 0.6 is 11.3 Å². The highest BCUT2D eigenvalue weighted by Gasteiger charge is 2.13. The molecule has 2 aromatic heterocycles. The van der Waals surface area contributed by atoms with Gasteiger partial charge in [-0.25, -0.2) is 14.5 Å². The first kappa shape index (κ1) is 14.1. The number of carbonyl (C=O) groups excluding carboxylic acids is 2. The summed E-state index contributed by atoms with van der Waals surface area (Å²) in [6.45, 7) is 2.37. The van der Waals surface area contributed by atoms with Crippen molar-refractivity contribution in [2.45, 2.75) is 19.9 Å². The number of thiazole rings is 1. The highest BCUT2D eigenvalue weighted by atomic mass is 32.1. The number of hydrogen-bond donors (Lipinski definition) is 1. The first-order valence-electron chi connectivity index (χ1n) is 5.82. The van der Waals surface area contributed by atoms with E-state index in [1.54, 1.807) is 6.92 Å². The fourth-order valence-corrected chi connectivity index (χ4v) is 2.01.